The fraction of sp³-hybridized carbons (Fsp3) is 0.909. The maximum atomic E-state index is 11.5. The standard InChI is InChI=1S/C11H23NO3/c1-5-7-14-8-9-15-10(13)11(3,4)12-6-2/h12H,5-9H2,1-4H3. The van der Waals surface area contributed by atoms with Crippen molar-refractivity contribution in [3.63, 3.8) is 0 Å². The van der Waals surface area contributed by atoms with Crippen molar-refractivity contribution in [1.29, 1.82) is 0 Å². The van der Waals surface area contributed by atoms with E-state index in [1.54, 1.807) is 0 Å². The zero-order valence-corrected chi connectivity index (χ0v) is 10.3. The van der Waals surface area contributed by atoms with Crippen molar-refractivity contribution in [3.05, 3.63) is 0 Å². The highest BCUT2D eigenvalue weighted by Crippen LogP contribution is 2.04. The van der Waals surface area contributed by atoms with Crippen molar-refractivity contribution >= 4 is 5.97 Å². The average Bonchev–Trinajstić information content (AvgIpc) is 2.17. The number of carbonyl (C=O) groups is 1. The molecule has 0 rings (SSSR count). The Morgan fingerprint density at radius 3 is 2.40 bits per heavy atom. The summed E-state index contributed by atoms with van der Waals surface area (Å²) in [5.41, 5.74) is -0.612. The van der Waals surface area contributed by atoms with Gasteiger partial charge in [0.1, 0.15) is 12.1 Å². The van der Waals surface area contributed by atoms with E-state index < -0.39 is 5.54 Å². The number of hydrogen-bond donors (Lipinski definition) is 1. The van der Waals surface area contributed by atoms with Crippen molar-refractivity contribution in [2.75, 3.05) is 26.4 Å². The van der Waals surface area contributed by atoms with Gasteiger partial charge < -0.3 is 14.8 Å². The molecule has 0 bridgehead atoms. The summed E-state index contributed by atoms with van der Waals surface area (Å²) in [6, 6.07) is 0. The summed E-state index contributed by atoms with van der Waals surface area (Å²) in [5, 5.41) is 3.06. The molecule has 0 unspecified atom stereocenters. The molecule has 0 saturated carbocycles. The van der Waals surface area contributed by atoms with Crippen molar-refractivity contribution in [2.45, 2.75) is 39.7 Å². The lowest BCUT2D eigenvalue weighted by molar-refractivity contribution is -0.151. The number of likely N-dealkylation sites (N-methyl/N-ethyl adjacent to an activating group) is 1. The van der Waals surface area contributed by atoms with Gasteiger partial charge in [-0.2, -0.15) is 0 Å². The number of carbonyl (C=O) groups excluding carboxylic acids is 1. The van der Waals surface area contributed by atoms with Gasteiger partial charge in [0.05, 0.1) is 6.61 Å². The number of hydrogen-bond acceptors (Lipinski definition) is 4. The van der Waals surface area contributed by atoms with Crippen LogP contribution in [0.5, 0.6) is 0 Å². The molecule has 0 aliphatic heterocycles. The Hall–Kier alpha value is -0.610. The second-order valence-corrected chi connectivity index (χ2v) is 3.90. The quantitative estimate of drug-likeness (QED) is 0.492. The summed E-state index contributed by atoms with van der Waals surface area (Å²) >= 11 is 0. The molecule has 0 spiro atoms. The van der Waals surface area contributed by atoms with E-state index in [4.69, 9.17) is 9.47 Å². The van der Waals surface area contributed by atoms with E-state index >= 15 is 0 Å². The van der Waals surface area contributed by atoms with E-state index in [1.807, 2.05) is 27.7 Å². The normalized spacial score (nSPS) is 11.5. The molecule has 0 aliphatic carbocycles. The summed E-state index contributed by atoms with van der Waals surface area (Å²) < 4.78 is 10.3. The van der Waals surface area contributed by atoms with E-state index in [1.165, 1.54) is 0 Å². The lowest BCUT2D eigenvalue weighted by Crippen LogP contribution is -2.47. The van der Waals surface area contributed by atoms with Crippen LogP contribution in [0.2, 0.25) is 0 Å². The van der Waals surface area contributed by atoms with Gasteiger partial charge in [0, 0.05) is 6.61 Å². The van der Waals surface area contributed by atoms with Crippen LogP contribution in [0.15, 0.2) is 0 Å². The van der Waals surface area contributed by atoms with Gasteiger partial charge in [0.25, 0.3) is 0 Å². The van der Waals surface area contributed by atoms with E-state index in [9.17, 15) is 4.79 Å². The van der Waals surface area contributed by atoms with Gasteiger partial charge in [-0.15, -0.1) is 0 Å². The zero-order chi connectivity index (χ0) is 11.7. The van der Waals surface area contributed by atoms with Crippen molar-refractivity contribution < 1.29 is 14.3 Å². The van der Waals surface area contributed by atoms with E-state index in [0.29, 0.717) is 19.8 Å². The van der Waals surface area contributed by atoms with E-state index in [-0.39, 0.29) is 5.97 Å². The summed E-state index contributed by atoms with van der Waals surface area (Å²) in [4.78, 5) is 11.5. The van der Waals surface area contributed by atoms with E-state index in [0.717, 1.165) is 13.0 Å². The molecule has 0 radical (unpaired) electrons. The highest BCUT2D eigenvalue weighted by molar-refractivity contribution is 5.79. The Bertz CT molecular complexity index is 181. The molecule has 15 heavy (non-hydrogen) atoms. The number of nitrogens with one attached hydrogen (secondary N) is 1. The second kappa shape index (κ2) is 7.65. The molecular formula is C11H23NO3. The van der Waals surface area contributed by atoms with Gasteiger partial charge in [-0.1, -0.05) is 13.8 Å². The van der Waals surface area contributed by atoms with Crippen LogP contribution >= 0.6 is 0 Å². The largest absolute Gasteiger partial charge is 0.462 e. The highest BCUT2D eigenvalue weighted by atomic mass is 16.6. The van der Waals surface area contributed by atoms with Gasteiger partial charge in [-0.25, -0.2) is 0 Å². The predicted molar refractivity (Wildman–Crippen MR) is 59.8 cm³/mol. The molecule has 1 N–H and O–H groups in total. The predicted octanol–water partition coefficient (Wildman–Crippen LogP) is 1.34. The Balaban J connectivity index is 3.64. The first-order chi connectivity index (χ1) is 7.04. The highest BCUT2D eigenvalue weighted by Gasteiger charge is 2.27. The number of rotatable bonds is 8. The topological polar surface area (TPSA) is 47.6 Å². The summed E-state index contributed by atoms with van der Waals surface area (Å²) in [5.74, 6) is -0.232. The van der Waals surface area contributed by atoms with Crippen LogP contribution in [0.1, 0.15) is 34.1 Å². The minimum atomic E-state index is -0.612. The minimum absolute atomic E-state index is 0.232. The third-order valence-electron chi connectivity index (χ3n) is 1.94. The summed E-state index contributed by atoms with van der Waals surface area (Å²) in [7, 11) is 0. The van der Waals surface area contributed by atoms with Crippen LogP contribution in [0.4, 0.5) is 0 Å². The molecule has 4 heteroatoms. The molecule has 0 amide bonds. The lowest BCUT2D eigenvalue weighted by Gasteiger charge is -2.23. The average molecular weight is 217 g/mol. The molecule has 0 atom stereocenters. The molecule has 0 fully saturated rings. The van der Waals surface area contributed by atoms with Crippen LogP contribution < -0.4 is 5.32 Å². The summed E-state index contributed by atoms with van der Waals surface area (Å²) in [6.07, 6.45) is 0.983. The fourth-order valence-electron chi connectivity index (χ4n) is 1.13. The van der Waals surface area contributed by atoms with Crippen LogP contribution in [0, 0.1) is 0 Å². The third kappa shape index (κ3) is 6.47. The van der Waals surface area contributed by atoms with Crippen molar-refractivity contribution in [1.82, 2.24) is 5.32 Å². The Morgan fingerprint density at radius 2 is 1.87 bits per heavy atom. The fourth-order valence-corrected chi connectivity index (χ4v) is 1.13. The molecule has 0 heterocycles. The van der Waals surface area contributed by atoms with Crippen LogP contribution in [-0.2, 0) is 14.3 Å². The molecule has 0 aliphatic rings. The van der Waals surface area contributed by atoms with Crippen LogP contribution in [0.25, 0.3) is 0 Å². The maximum absolute atomic E-state index is 11.5. The Labute approximate surface area is 92.3 Å². The molecular weight excluding hydrogens is 194 g/mol. The second-order valence-electron chi connectivity index (χ2n) is 3.90. The van der Waals surface area contributed by atoms with Gasteiger partial charge in [0.15, 0.2) is 0 Å². The number of ether oxygens (including phenoxy) is 2. The molecule has 4 nitrogen and oxygen atoms in total. The molecule has 0 aromatic heterocycles. The Kier molecular flexibility index (Phi) is 7.34. The summed E-state index contributed by atoms with van der Waals surface area (Å²) in [6.45, 7) is 9.88. The molecule has 0 saturated heterocycles. The minimum Gasteiger partial charge on any atom is -0.462 e. The zero-order valence-electron chi connectivity index (χ0n) is 10.3. The number of esters is 1. The Morgan fingerprint density at radius 1 is 1.20 bits per heavy atom. The van der Waals surface area contributed by atoms with Gasteiger partial charge >= 0.3 is 5.97 Å². The van der Waals surface area contributed by atoms with Gasteiger partial charge in [-0.3, -0.25) is 4.79 Å². The lowest BCUT2D eigenvalue weighted by atomic mass is 10.1. The van der Waals surface area contributed by atoms with Gasteiger partial charge in [-0.05, 0) is 26.8 Å². The molecule has 0 aromatic rings. The maximum Gasteiger partial charge on any atom is 0.325 e. The first kappa shape index (κ1) is 14.4. The SMILES string of the molecule is CCCOCCOC(=O)C(C)(C)NCC. The van der Waals surface area contributed by atoms with Crippen LogP contribution in [0.3, 0.4) is 0 Å². The molecule has 90 valence electrons. The third-order valence-corrected chi connectivity index (χ3v) is 1.94. The van der Waals surface area contributed by atoms with Gasteiger partial charge in [0.2, 0.25) is 0 Å². The first-order valence-electron chi connectivity index (χ1n) is 5.54. The van der Waals surface area contributed by atoms with Crippen molar-refractivity contribution in [3.8, 4) is 0 Å². The van der Waals surface area contributed by atoms with Crippen LogP contribution in [-0.4, -0.2) is 37.9 Å². The van der Waals surface area contributed by atoms with Crippen molar-refractivity contribution in [2.24, 2.45) is 0 Å². The smallest absolute Gasteiger partial charge is 0.325 e. The monoisotopic (exact) mass is 217 g/mol. The first-order valence-corrected chi connectivity index (χ1v) is 5.54. The van der Waals surface area contributed by atoms with E-state index in [2.05, 4.69) is 5.32 Å². The molecule has 0 aromatic carbocycles.